The molecule has 0 bridgehead atoms. The number of aryl methyl sites for hydroxylation is 1. The number of nitrogens with zero attached hydrogens (tertiary/aromatic N) is 2. The van der Waals surface area contributed by atoms with Crippen molar-refractivity contribution >= 4 is 16.7 Å². The quantitative estimate of drug-likeness (QED) is 0.547. The summed E-state index contributed by atoms with van der Waals surface area (Å²) in [5.41, 5.74) is 3.29. The van der Waals surface area contributed by atoms with Crippen LogP contribution in [-0.2, 0) is 0 Å². The van der Waals surface area contributed by atoms with Crippen LogP contribution in [0, 0.1) is 6.92 Å². The molecule has 0 unspecified atom stereocenters. The van der Waals surface area contributed by atoms with Crippen LogP contribution in [0.1, 0.15) is 24.1 Å². The Morgan fingerprint density at radius 1 is 0.960 bits per heavy atom. The van der Waals surface area contributed by atoms with E-state index in [9.17, 15) is 0 Å². The van der Waals surface area contributed by atoms with Crippen LogP contribution in [-0.4, -0.2) is 9.97 Å². The van der Waals surface area contributed by atoms with Crippen LogP contribution in [0.5, 0.6) is 0 Å². The van der Waals surface area contributed by atoms with E-state index in [1.165, 1.54) is 11.1 Å². The summed E-state index contributed by atoms with van der Waals surface area (Å²) in [6.07, 6.45) is 1.64. The minimum Gasteiger partial charge on any atom is -0.461 e. The average molecular weight is 329 g/mol. The summed E-state index contributed by atoms with van der Waals surface area (Å²) >= 11 is 0. The molecule has 0 radical (unpaired) electrons. The van der Waals surface area contributed by atoms with Crippen LogP contribution < -0.4 is 5.32 Å². The molecule has 1 N–H and O–H groups in total. The highest BCUT2D eigenvalue weighted by molar-refractivity contribution is 5.91. The van der Waals surface area contributed by atoms with Gasteiger partial charge in [-0.15, -0.1) is 0 Å². The highest BCUT2D eigenvalue weighted by Crippen LogP contribution is 2.28. The first-order valence-electron chi connectivity index (χ1n) is 8.34. The summed E-state index contributed by atoms with van der Waals surface area (Å²) in [6.45, 7) is 4.20. The number of rotatable bonds is 4. The molecule has 4 nitrogen and oxygen atoms in total. The third-order valence-electron chi connectivity index (χ3n) is 4.25. The van der Waals surface area contributed by atoms with E-state index in [1.54, 1.807) is 6.26 Å². The molecule has 1 atom stereocenters. The molecule has 4 rings (SSSR count). The Morgan fingerprint density at radius 2 is 1.80 bits per heavy atom. The molecular weight excluding hydrogens is 310 g/mol. The Kier molecular flexibility index (Phi) is 3.94. The largest absolute Gasteiger partial charge is 0.461 e. The molecule has 2 aromatic carbocycles. The maximum atomic E-state index is 5.48. The minimum absolute atomic E-state index is 0.129. The molecule has 4 aromatic rings. The third-order valence-corrected chi connectivity index (χ3v) is 4.25. The van der Waals surface area contributed by atoms with E-state index in [-0.39, 0.29) is 6.04 Å². The van der Waals surface area contributed by atoms with Gasteiger partial charge < -0.3 is 9.73 Å². The predicted octanol–water partition coefficient (Wildman–Crippen LogP) is 5.37. The SMILES string of the molecule is Cc1ccc2nc(-c3ccco3)nc(N[C@@H](C)c3ccccc3)c2c1. The maximum Gasteiger partial charge on any atom is 0.198 e. The number of hydrogen-bond acceptors (Lipinski definition) is 4. The molecule has 0 saturated heterocycles. The van der Waals surface area contributed by atoms with Gasteiger partial charge in [0.25, 0.3) is 0 Å². The van der Waals surface area contributed by atoms with Crippen molar-refractivity contribution in [1.29, 1.82) is 0 Å². The summed E-state index contributed by atoms with van der Waals surface area (Å²) in [4.78, 5) is 9.39. The standard InChI is InChI=1S/C21H19N3O/c1-14-10-11-18-17(13-14)20(22-15(2)16-7-4-3-5-8-16)24-21(23-18)19-9-6-12-25-19/h3-13,15H,1-2H3,(H,22,23,24)/t15-/m0/s1. The van der Waals surface area contributed by atoms with E-state index in [0.717, 1.165) is 16.7 Å². The first-order valence-corrected chi connectivity index (χ1v) is 8.34. The van der Waals surface area contributed by atoms with E-state index in [2.05, 4.69) is 48.4 Å². The molecule has 0 aliphatic heterocycles. The lowest BCUT2D eigenvalue weighted by Crippen LogP contribution is -2.09. The number of fused-ring (bicyclic) bond motifs is 1. The van der Waals surface area contributed by atoms with Gasteiger partial charge >= 0.3 is 0 Å². The van der Waals surface area contributed by atoms with Gasteiger partial charge in [0.05, 0.1) is 11.8 Å². The van der Waals surface area contributed by atoms with Crippen LogP contribution in [0.3, 0.4) is 0 Å². The van der Waals surface area contributed by atoms with Crippen molar-refractivity contribution in [2.24, 2.45) is 0 Å². The van der Waals surface area contributed by atoms with Gasteiger partial charge in [-0.05, 0) is 43.7 Å². The van der Waals surface area contributed by atoms with Crippen molar-refractivity contribution in [3.8, 4) is 11.6 Å². The normalized spacial score (nSPS) is 12.2. The molecule has 0 spiro atoms. The van der Waals surface area contributed by atoms with Crippen molar-refractivity contribution in [3.63, 3.8) is 0 Å². The molecule has 124 valence electrons. The fraction of sp³-hybridized carbons (Fsp3) is 0.143. The number of nitrogens with one attached hydrogen (secondary N) is 1. The van der Waals surface area contributed by atoms with Gasteiger partial charge in [0.1, 0.15) is 5.82 Å². The molecule has 2 heterocycles. The number of benzene rings is 2. The zero-order chi connectivity index (χ0) is 17.2. The second-order valence-corrected chi connectivity index (χ2v) is 6.17. The van der Waals surface area contributed by atoms with Crippen LogP contribution in [0.4, 0.5) is 5.82 Å². The lowest BCUT2D eigenvalue weighted by molar-refractivity contribution is 0.577. The van der Waals surface area contributed by atoms with Crippen molar-refractivity contribution in [1.82, 2.24) is 9.97 Å². The highest BCUT2D eigenvalue weighted by Gasteiger charge is 2.14. The van der Waals surface area contributed by atoms with E-state index in [4.69, 9.17) is 9.40 Å². The van der Waals surface area contributed by atoms with E-state index < -0.39 is 0 Å². The summed E-state index contributed by atoms with van der Waals surface area (Å²) in [5, 5.41) is 4.55. The predicted molar refractivity (Wildman–Crippen MR) is 100 cm³/mol. The van der Waals surface area contributed by atoms with Crippen molar-refractivity contribution in [2.45, 2.75) is 19.9 Å². The van der Waals surface area contributed by atoms with E-state index in [1.807, 2.05) is 36.4 Å². The fourth-order valence-corrected chi connectivity index (χ4v) is 2.90. The summed E-state index contributed by atoms with van der Waals surface area (Å²) < 4.78 is 5.48. The topological polar surface area (TPSA) is 51.0 Å². The summed E-state index contributed by atoms with van der Waals surface area (Å²) in [6, 6.07) is 20.4. The molecular formula is C21H19N3O. The minimum atomic E-state index is 0.129. The van der Waals surface area contributed by atoms with Crippen LogP contribution in [0.15, 0.2) is 71.3 Å². The lowest BCUT2D eigenvalue weighted by atomic mass is 10.1. The van der Waals surface area contributed by atoms with Crippen LogP contribution in [0.2, 0.25) is 0 Å². The second-order valence-electron chi connectivity index (χ2n) is 6.17. The highest BCUT2D eigenvalue weighted by atomic mass is 16.3. The first-order chi connectivity index (χ1) is 12.2. The lowest BCUT2D eigenvalue weighted by Gasteiger charge is -2.17. The molecule has 0 fully saturated rings. The van der Waals surface area contributed by atoms with Crippen LogP contribution >= 0.6 is 0 Å². The van der Waals surface area contributed by atoms with Gasteiger partial charge in [-0.2, -0.15) is 0 Å². The Hall–Kier alpha value is -3.14. The molecule has 0 aliphatic carbocycles. The monoisotopic (exact) mass is 329 g/mol. The smallest absolute Gasteiger partial charge is 0.198 e. The zero-order valence-corrected chi connectivity index (χ0v) is 14.2. The Morgan fingerprint density at radius 3 is 2.56 bits per heavy atom. The zero-order valence-electron chi connectivity index (χ0n) is 14.2. The average Bonchev–Trinajstić information content (AvgIpc) is 3.17. The van der Waals surface area contributed by atoms with Gasteiger partial charge in [0, 0.05) is 11.4 Å². The van der Waals surface area contributed by atoms with E-state index in [0.29, 0.717) is 11.6 Å². The summed E-state index contributed by atoms with van der Waals surface area (Å²) in [5.74, 6) is 2.07. The van der Waals surface area contributed by atoms with Gasteiger partial charge in [0.15, 0.2) is 11.6 Å². The number of furan rings is 1. The summed E-state index contributed by atoms with van der Waals surface area (Å²) in [7, 11) is 0. The Labute approximate surface area is 146 Å². The Bertz CT molecular complexity index is 995. The number of aromatic nitrogens is 2. The maximum absolute atomic E-state index is 5.48. The van der Waals surface area contributed by atoms with Gasteiger partial charge in [-0.25, -0.2) is 9.97 Å². The Balaban J connectivity index is 1.81. The van der Waals surface area contributed by atoms with E-state index >= 15 is 0 Å². The molecule has 4 heteroatoms. The fourth-order valence-electron chi connectivity index (χ4n) is 2.90. The van der Waals surface area contributed by atoms with Gasteiger partial charge in [-0.3, -0.25) is 0 Å². The second kappa shape index (κ2) is 6.40. The van der Waals surface area contributed by atoms with Crippen molar-refractivity contribution in [3.05, 3.63) is 78.1 Å². The van der Waals surface area contributed by atoms with Gasteiger partial charge in [-0.1, -0.05) is 42.0 Å². The molecule has 0 amide bonds. The molecule has 0 aliphatic rings. The number of anilines is 1. The molecule has 25 heavy (non-hydrogen) atoms. The van der Waals surface area contributed by atoms with Crippen molar-refractivity contribution in [2.75, 3.05) is 5.32 Å². The van der Waals surface area contributed by atoms with Crippen molar-refractivity contribution < 1.29 is 4.42 Å². The molecule has 0 saturated carbocycles. The van der Waals surface area contributed by atoms with Gasteiger partial charge in [0.2, 0.25) is 0 Å². The first kappa shape index (κ1) is 15.4. The molecule has 2 aromatic heterocycles. The third kappa shape index (κ3) is 3.11. The van der Waals surface area contributed by atoms with Crippen LogP contribution in [0.25, 0.3) is 22.5 Å². The number of hydrogen-bond donors (Lipinski definition) is 1.